The normalized spacial score (nSPS) is 14.8. The maximum atomic E-state index is 12.0. The molecular formula is C14H14ClNO3. The fourth-order valence-electron chi connectivity index (χ4n) is 2.49. The highest BCUT2D eigenvalue weighted by molar-refractivity contribution is 6.18. The number of para-hydroxylation sites is 1. The molecule has 19 heavy (non-hydrogen) atoms. The van der Waals surface area contributed by atoms with Crippen LogP contribution in [0.25, 0.3) is 10.9 Å². The minimum absolute atomic E-state index is 0.0622. The SMILES string of the molecule is O=c1cc(OCC(O)CCl)c2cccc3c2n1CC3. The zero-order chi connectivity index (χ0) is 13.4. The third kappa shape index (κ3) is 2.11. The van der Waals surface area contributed by atoms with Crippen molar-refractivity contribution in [1.82, 2.24) is 4.57 Å². The molecular weight excluding hydrogens is 266 g/mol. The van der Waals surface area contributed by atoms with Crippen LogP contribution in [0.4, 0.5) is 0 Å². The van der Waals surface area contributed by atoms with Gasteiger partial charge < -0.3 is 14.4 Å². The summed E-state index contributed by atoms with van der Waals surface area (Å²) in [6.07, 6.45) is 0.146. The van der Waals surface area contributed by atoms with Crippen molar-refractivity contribution in [2.45, 2.75) is 19.1 Å². The Kier molecular flexibility index (Phi) is 3.21. The van der Waals surface area contributed by atoms with Gasteiger partial charge in [-0.3, -0.25) is 4.79 Å². The summed E-state index contributed by atoms with van der Waals surface area (Å²) < 4.78 is 7.32. The second-order valence-electron chi connectivity index (χ2n) is 4.68. The fraction of sp³-hybridized carbons (Fsp3) is 0.357. The van der Waals surface area contributed by atoms with E-state index in [2.05, 4.69) is 0 Å². The first kappa shape index (κ1) is 12.5. The van der Waals surface area contributed by atoms with Crippen LogP contribution in [0.5, 0.6) is 5.75 Å². The summed E-state index contributed by atoms with van der Waals surface area (Å²) in [5, 5.41) is 10.4. The van der Waals surface area contributed by atoms with Gasteiger partial charge in [-0.05, 0) is 18.1 Å². The van der Waals surface area contributed by atoms with Gasteiger partial charge in [0.15, 0.2) is 0 Å². The minimum atomic E-state index is -0.729. The van der Waals surface area contributed by atoms with Gasteiger partial charge in [0.2, 0.25) is 0 Å². The average molecular weight is 280 g/mol. The number of pyridine rings is 1. The summed E-state index contributed by atoms with van der Waals surface area (Å²) >= 11 is 5.53. The number of aliphatic hydroxyl groups is 1. The third-order valence-electron chi connectivity index (χ3n) is 3.39. The molecule has 1 aliphatic rings. The molecule has 0 bridgehead atoms. The number of aryl methyl sites for hydroxylation is 2. The lowest BCUT2D eigenvalue weighted by Crippen LogP contribution is -2.21. The summed E-state index contributed by atoms with van der Waals surface area (Å²) in [5.41, 5.74) is 2.05. The summed E-state index contributed by atoms with van der Waals surface area (Å²) in [4.78, 5) is 12.0. The van der Waals surface area contributed by atoms with Gasteiger partial charge in [-0.2, -0.15) is 0 Å². The number of nitrogens with zero attached hydrogens (tertiary/aromatic N) is 1. The molecule has 1 aromatic heterocycles. The lowest BCUT2D eigenvalue weighted by atomic mass is 10.1. The molecule has 0 spiro atoms. The van der Waals surface area contributed by atoms with Crippen molar-refractivity contribution in [3.8, 4) is 5.75 Å². The molecule has 1 N–H and O–H groups in total. The minimum Gasteiger partial charge on any atom is -0.490 e. The maximum Gasteiger partial charge on any atom is 0.254 e. The van der Waals surface area contributed by atoms with Crippen LogP contribution in [-0.2, 0) is 13.0 Å². The standard InChI is InChI=1S/C14H14ClNO3/c15-7-10(17)8-19-12-6-13(18)16-5-4-9-2-1-3-11(12)14(9)16/h1-3,6,10,17H,4-5,7-8H2. The van der Waals surface area contributed by atoms with Gasteiger partial charge in [-0.15, -0.1) is 11.6 Å². The van der Waals surface area contributed by atoms with E-state index < -0.39 is 6.10 Å². The van der Waals surface area contributed by atoms with Gasteiger partial charge >= 0.3 is 0 Å². The van der Waals surface area contributed by atoms with Gasteiger partial charge in [-0.1, -0.05) is 12.1 Å². The van der Waals surface area contributed by atoms with E-state index in [4.69, 9.17) is 16.3 Å². The molecule has 1 unspecified atom stereocenters. The molecule has 0 saturated heterocycles. The number of alkyl halides is 1. The van der Waals surface area contributed by atoms with E-state index in [0.717, 1.165) is 29.4 Å². The van der Waals surface area contributed by atoms with Crippen LogP contribution in [0.1, 0.15) is 5.56 Å². The van der Waals surface area contributed by atoms with Crippen molar-refractivity contribution in [1.29, 1.82) is 0 Å². The predicted molar refractivity (Wildman–Crippen MR) is 74.1 cm³/mol. The van der Waals surface area contributed by atoms with Crippen molar-refractivity contribution in [2.75, 3.05) is 12.5 Å². The van der Waals surface area contributed by atoms with Crippen molar-refractivity contribution >= 4 is 22.5 Å². The Hall–Kier alpha value is -1.52. The molecule has 2 heterocycles. The molecule has 0 aliphatic carbocycles. The number of aliphatic hydroxyl groups excluding tert-OH is 1. The lowest BCUT2D eigenvalue weighted by Gasteiger charge is -2.13. The average Bonchev–Trinajstić information content (AvgIpc) is 2.86. The Balaban J connectivity index is 2.08. The molecule has 2 aromatic rings. The summed E-state index contributed by atoms with van der Waals surface area (Å²) in [5.74, 6) is 0.629. The number of aromatic nitrogens is 1. The Morgan fingerprint density at radius 1 is 1.47 bits per heavy atom. The Morgan fingerprint density at radius 3 is 3.11 bits per heavy atom. The van der Waals surface area contributed by atoms with Crippen molar-refractivity contribution in [3.63, 3.8) is 0 Å². The largest absolute Gasteiger partial charge is 0.490 e. The number of halogens is 1. The highest BCUT2D eigenvalue weighted by Gasteiger charge is 2.18. The Bertz CT molecular complexity index is 680. The van der Waals surface area contributed by atoms with Crippen LogP contribution in [-0.4, -0.2) is 28.3 Å². The number of ether oxygens (including phenoxy) is 1. The number of hydrogen-bond acceptors (Lipinski definition) is 3. The van der Waals surface area contributed by atoms with Crippen LogP contribution in [0.15, 0.2) is 29.1 Å². The predicted octanol–water partition coefficient (Wildman–Crippen LogP) is 1.54. The van der Waals surface area contributed by atoms with E-state index in [1.54, 1.807) is 4.57 Å². The van der Waals surface area contributed by atoms with Crippen LogP contribution in [0.3, 0.4) is 0 Å². The fourth-order valence-corrected chi connectivity index (χ4v) is 2.58. The van der Waals surface area contributed by atoms with Crippen molar-refractivity contribution < 1.29 is 9.84 Å². The van der Waals surface area contributed by atoms with Crippen molar-refractivity contribution in [2.24, 2.45) is 0 Å². The van der Waals surface area contributed by atoms with Gasteiger partial charge in [-0.25, -0.2) is 0 Å². The van der Waals surface area contributed by atoms with E-state index in [-0.39, 0.29) is 18.0 Å². The zero-order valence-electron chi connectivity index (χ0n) is 10.3. The quantitative estimate of drug-likeness (QED) is 0.864. The number of rotatable bonds is 4. The van der Waals surface area contributed by atoms with Gasteiger partial charge in [0.25, 0.3) is 5.56 Å². The molecule has 100 valence electrons. The molecule has 4 nitrogen and oxygen atoms in total. The number of benzene rings is 1. The topological polar surface area (TPSA) is 51.5 Å². The van der Waals surface area contributed by atoms with Crippen LogP contribution < -0.4 is 10.3 Å². The smallest absolute Gasteiger partial charge is 0.254 e. The zero-order valence-corrected chi connectivity index (χ0v) is 11.1. The maximum absolute atomic E-state index is 12.0. The highest BCUT2D eigenvalue weighted by atomic mass is 35.5. The van der Waals surface area contributed by atoms with E-state index in [1.165, 1.54) is 6.07 Å². The molecule has 0 radical (unpaired) electrons. The number of hydrogen-bond donors (Lipinski definition) is 1. The first-order chi connectivity index (χ1) is 9.20. The molecule has 0 fully saturated rings. The van der Waals surface area contributed by atoms with Crippen LogP contribution in [0.2, 0.25) is 0 Å². The molecule has 0 saturated carbocycles. The molecule has 1 atom stereocenters. The van der Waals surface area contributed by atoms with E-state index in [9.17, 15) is 9.90 Å². The highest BCUT2D eigenvalue weighted by Crippen LogP contribution is 2.30. The molecule has 1 aliphatic heterocycles. The van der Waals surface area contributed by atoms with Crippen molar-refractivity contribution in [3.05, 3.63) is 40.2 Å². The van der Waals surface area contributed by atoms with Gasteiger partial charge in [0.05, 0.1) is 11.4 Å². The van der Waals surface area contributed by atoms with Gasteiger partial charge in [0, 0.05) is 18.0 Å². The van der Waals surface area contributed by atoms with Crippen LogP contribution >= 0.6 is 11.6 Å². The summed E-state index contributed by atoms with van der Waals surface area (Å²) in [6, 6.07) is 7.41. The van der Waals surface area contributed by atoms with E-state index in [0.29, 0.717) is 5.75 Å². The molecule has 1 aromatic carbocycles. The summed E-state index contributed by atoms with van der Waals surface area (Å²) in [6.45, 7) is 0.811. The summed E-state index contributed by atoms with van der Waals surface area (Å²) in [7, 11) is 0. The first-order valence-corrected chi connectivity index (χ1v) is 6.76. The second-order valence-corrected chi connectivity index (χ2v) is 4.99. The Morgan fingerprint density at radius 2 is 2.32 bits per heavy atom. The van der Waals surface area contributed by atoms with Gasteiger partial charge in [0.1, 0.15) is 18.5 Å². The molecule has 0 amide bonds. The van der Waals surface area contributed by atoms with E-state index in [1.807, 2.05) is 18.2 Å². The molecule has 5 heteroatoms. The third-order valence-corrected chi connectivity index (χ3v) is 3.75. The first-order valence-electron chi connectivity index (χ1n) is 6.23. The second kappa shape index (κ2) is 4.87. The van der Waals surface area contributed by atoms with Crippen LogP contribution in [0, 0.1) is 0 Å². The monoisotopic (exact) mass is 279 g/mol. The molecule has 3 rings (SSSR count). The lowest BCUT2D eigenvalue weighted by molar-refractivity contribution is 0.126. The Labute approximate surface area is 115 Å². The van der Waals surface area contributed by atoms with E-state index >= 15 is 0 Å².